The molecule has 1 aliphatic heterocycles. The lowest BCUT2D eigenvalue weighted by Gasteiger charge is -2.37. The van der Waals surface area contributed by atoms with Gasteiger partial charge in [0.1, 0.15) is 17.1 Å². The van der Waals surface area contributed by atoms with E-state index in [4.69, 9.17) is 4.74 Å². The summed E-state index contributed by atoms with van der Waals surface area (Å²) < 4.78 is 6.01. The van der Waals surface area contributed by atoms with Gasteiger partial charge < -0.3 is 14.9 Å². The van der Waals surface area contributed by atoms with Crippen LogP contribution in [0.3, 0.4) is 0 Å². The molecule has 106 valence electrons. The molecule has 3 heteroatoms. The van der Waals surface area contributed by atoms with Crippen molar-refractivity contribution in [3.63, 3.8) is 0 Å². The van der Waals surface area contributed by atoms with Crippen molar-refractivity contribution in [3.05, 3.63) is 22.8 Å². The van der Waals surface area contributed by atoms with Gasteiger partial charge in [0.2, 0.25) is 0 Å². The van der Waals surface area contributed by atoms with Gasteiger partial charge in [-0.15, -0.1) is 0 Å². The fourth-order valence-electron chi connectivity index (χ4n) is 2.89. The fraction of sp³-hybridized carbons (Fsp3) is 0.625. The van der Waals surface area contributed by atoms with Gasteiger partial charge in [-0.25, -0.2) is 0 Å². The van der Waals surface area contributed by atoms with Gasteiger partial charge in [-0.3, -0.25) is 0 Å². The van der Waals surface area contributed by atoms with Crippen LogP contribution in [0.25, 0.3) is 0 Å². The number of fused-ring (bicyclic) bond motifs is 1. The first-order valence-electron chi connectivity index (χ1n) is 7.02. The number of phenolic OH excluding ortho intramolecular Hbond substituents is 1. The molecule has 1 aromatic rings. The Bertz CT molecular complexity index is 489. The molecule has 0 aliphatic carbocycles. The van der Waals surface area contributed by atoms with E-state index in [1.165, 1.54) is 0 Å². The highest BCUT2D eigenvalue weighted by Crippen LogP contribution is 2.46. The number of ether oxygens (including phenoxy) is 1. The lowest BCUT2D eigenvalue weighted by atomic mass is 9.85. The third kappa shape index (κ3) is 2.44. The van der Waals surface area contributed by atoms with Crippen molar-refractivity contribution >= 4 is 0 Å². The van der Waals surface area contributed by atoms with Gasteiger partial charge in [-0.2, -0.15) is 0 Å². The molecule has 1 atom stereocenters. The molecule has 1 heterocycles. The lowest BCUT2D eigenvalue weighted by molar-refractivity contribution is 0.0106. The molecule has 1 aliphatic rings. The quantitative estimate of drug-likeness (QED) is 0.856. The van der Waals surface area contributed by atoms with Gasteiger partial charge in [0.15, 0.2) is 0 Å². The molecule has 0 radical (unpaired) electrons. The molecule has 0 spiro atoms. The van der Waals surface area contributed by atoms with E-state index < -0.39 is 6.10 Å². The maximum Gasteiger partial charge on any atom is 0.126 e. The number of aromatic hydroxyl groups is 1. The highest BCUT2D eigenvalue weighted by atomic mass is 16.5. The van der Waals surface area contributed by atoms with Gasteiger partial charge in [-0.1, -0.05) is 20.8 Å². The zero-order valence-electron chi connectivity index (χ0n) is 12.4. The zero-order chi connectivity index (χ0) is 14.4. The normalized spacial score (nSPS) is 21.1. The molecule has 0 saturated heterocycles. The average molecular weight is 264 g/mol. The minimum Gasteiger partial charge on any atom is -0.507 e. The number of benzene rings is 1. The van der Waals surface area contributed by atoms with Crippen LogP contribution < -0.4 is 4.74 Å². The van der Waals surface area contributed by atoms with Crippen molar-refractivity contribution < 1.29 is 14.9 Å². The van der Waals surface area contributed by atoms with Gasteiger partial charge in [-0.05, 0) is 32.3 Å². The highest BCUT2D eigenvalue weighted by molar-refractivity contribution is 5.56. The molecular formula is C16H24O3. The monoisotopic (exact) mass is 264 g/mol. The van der Waals surface area contributed by atoms with E-state index in [-0.39, 0.29) is 11.5 Å². The molecule has 2 N–H and O–H groups in total. The van der Waals surface area contributed by atoms with Gasteiger partial charge in [0, 0.05) is 23.1 Å². The number of aliphatic hydroxyl groups is 1. The number of phenols is 1. The number of aliphatic hydroxyl groups excluding tert-OH is 1. The predicted molar refractivity (Wildman–Crippen MR) is 75.9 cm³/mol. The van der Waals surface area contributed by atoms with Crippen LogP contribution in [0.2, 0.25) is 0 Å². The molecule has 3 nitrogen and oxygen atoms in total. The second-order valence-corrected chi connectivity index (χ2v) is 6.29. The Morgan fingerprint density at radius 1 is 1.42 bits per heavy atom. The van der Waals surface area contributed by atoms with Crippen LogP contribution in [0.4, 0.5) is 0 Å². The van der Waals surface area contributed by atoms with Crippen LogP contribution >= 0.6 is 0 Å². The van der Waals surface area contributed by atoms with Crippen LogP contribution in [-0.4, -0.2) is 15.8 Å². The maximum absolute atomic E-state index is 10.4. The second kappa shape index (κ2) is 4.71. The summed E-state index contributed by atoms with van der Waals surface area (Å²) in [5.41, 5.74) is 2.11. The van der Waals surface area contributed by atoms with Gasteiger partial charge >= 0.3 is 0 Å². The number of rotatable bonds is 2. The Hall–Kier alpha value is -1.22. The summed E-state index contributed by atoms with van der Waals surface area (Å²) in [6.07, 6.45) is 0.670. The van der Waals surface area contributed by atoms with Crippen molar-refractivity contribution in [2.45, 2.75) is 65.1 Å². The topological polar surface area (TPSA) is 49.7 Å². The molecule has 0 aromatic heterocycles. The number of hydrogen-bond donors (Lipinski definition) is 2. The molecule has 0 saturated carbocycles. The summed E-state index contributed by atoms with van der Waals surface area (Å²) in [5.74, 6) is 1.27. The molecule has 1 aromatic carbocycles. The third-order valence-electron chi connectivity index (χ3n) is 3.82. The molecule has 0 fully saturated rings. The first-order valence-corrected chi connectivity index (χ1v) is 7.02. The summed E-state index contributed by atoms with van der Waals surface area (Å²) in [4.78, 5) is 0. The first kappa shape index (κ1) is 14.2. The van der Waals surface area contributed by atoms with E-state index in [1.54, 1.807) is 0 Å². The molecular weight excluding hydrogens is 240 g/mol. The first-order chi connectivity index (χ1) is 8.76. The van der Waals surface area contributed by atoms with Crippen molar-refractivity contribution in [2.24, 2.45) is 0 Å². The minimum atomic E-state index is -0.569. The summed E-state index contributed by atoms with van der Waals surface area (Å²) in [6.45, 7) is 10.0. The van der Waals surface area contributed by atoms with E-state index in [1.807, 2.05) is 40.7 Å². The fourth-order valence-corrected chi connectivity index (χ4v) is 2.89. The molecule has 0 amide bonds. The average Bonchev–Trinajstić information content (AvgIpc) is 2.27. The van der Waals surface area contributed by atoms with E-state index in [9.17, 15) is 10.2 Å². The summed E-state index contributed by atoms with van der Waals surface area (Å²) in [7, 11) is 0. The smallest absolute Gasteiger partial charge is 0.126 e. The van der Waals surface area contributed by atoms with E-state index in [2.05, 4.69) is 0 Å². The van der Waals surface area contributed by atoms with E-state index in [0.29, 0.717) is 18.6 Å². The Morgan fingerprint density at radius 2 is 2.05 bits per heavy atom. The molecule has 2 rings (SSSR count). The Balaban J connectivity index is 2.66. The van der Waals surface area contributed by atoms with Crippen LogP contribution in [0.5, 0.6) is 11.5 Å². The maximum atomic E-state index is 10.4. The molecule has 0 bridgehead atoms. The lowest BCUT2D eigenvalue weighted by Crippen LogP contribution is -2.35. The highest BCUT2D eigenvalue weighted by Gasteiger charge is 2.35. The number of hydrogen-bond acceptors (Lipinski definition) is 3. The van der Waals surface area contributed by atoms with Crippen molar-refractivity contribution in [1.82, 2.24) is 0 Å². The largest absolute Gasteiger partial charge is 0.507 e. The Morgan fingerprint density at radius 3 is 2.58 bits per heavy atom. The van der Waals surface area contributed by atoms with Crippen LogP contribution in [-0.2, 0) is 6.42 Å². The standard InChI is InChI=1S/C16H24O3/c1-6-10-14-12(17)8-16(4,5)19-13(14)7-11(9(2)3)15(10)18/h7,9,12,17-18H,6,8H2,1-5H3. The van der Waals surface area contributed by atoms with Crippen molar-refractivity contribution in [3.8, 4) is 11.5 Å². The third-order valence-corrected chi connectivity index (χ3v) is 3.82. The van der Waals surface area contributed by atoms with Crippen LogP contribution in [0.1, 0.15) is 69.8 Å². The van der Waals surface area contributed by atoms with Crippen molar-refractivity contribution in [1.29, 1.82) is 0 Å². The van der Waals surface area contributed by atoms with Crippen molar-refractivity contribution in [2.75, 3.05) is 0 Å². The van der Waals surface area contributed by atoms with E-state index in [0.717, 1.165) is 22.4 Å². The van der Waals surface area contributed by atoms with Gasteiger partial charge in [0.25, 0.3) is 0 Å². The predicted octanol–water partition coefficient (Wildman–Crippen LogP) is 3.67. The Labute approximate surface area is 115 Å². The van der Waals surface area contributed by atoms with Gasteiger partial charge in [0.05, 0.1) is 6.10 Å². The Kier molecular flexibility index (Phi) is 3.52. The van der Waals surface area contributed by atoms with Crippen LogP contribution in [0.15, 0.2) is 6.07 Å². The molecule has 1 unspecified atom stereocenters. The summed E-state index contributed by atoms with van der Waals surface area (Å²) in [5, 5.41) is 20.8. The SMILES string of the molecule is CCc1c(O)c(C(C)C)cc2c1C(O)CC(C)(C)O2. The second-order valence-electron chi connectivity index (χ2n) is 6.29. The van der Waals surface area contributed by atoms with E-state index >= 15 is 0 Å². The summed E-state index contributed by atoms with van der Waals surface area (Å²) >= 11 is 0. The zero-order valence-corrected chi connectivity index (χ0v) is 12.4. The van der Waals surface area contributed by atoms with Crippen LogP contribution in [0, 0.1) is 0 Å². The summed E-state index contributed by atoms with van der Waals surface area (Å²) in [6, 6.07) is 1.89. The molecule has 19 heavy (non-hydrogen) atoms. The minimum absolute atomic E-state index is 0.224.